The van der Waals surface area contributed by atoms with Crippen molar-refractivity contribution in [1.29, 1.82) is 0 Å². The van der Waals surface area contributed by atoms with Crippen molar-refractivity contribution in [2.75, 3.05) is 0 Å². The lowest BCUT2D eigenvalue weighted by Gasteiger charge is -2.06. The molecule has 2 rings (SSSR count). The van der Waals surface area contributed by atoms with Crippen LogP contribution in [0.4, 0.5) is 13.2 Å². The van der Waals surface area contributed by atoms with E-state index in [1.807, 2.05) is 6.07 Å². The third-order valence-electron chi connectivity index (χ3n) is 2.12. The van der Waals surface area contributed by atoms with E-state index in [-0.39, 0.29) is 5.69 Å². The minimum Gasteiger partial charge on any atom is -0.250 e. The fraction of sp³-hybridized carbons (Fsp3) is 0.182. The Bertz CT molecular complexity index is 470. The summed E-state index contributed by atoms with van der Waals surface area (Å²) in [5, 5.41) is 0.808. The largest absolute Gasteiger partial charge is 0.275 e. The Morgan fingerprint density at radius 2 is 1.67 bits per heavy atom. The van der Waals surface area contributed by atoms with Gasteiger partial charge in [0.25, 0.3) is 6.43 Å². The summed E-state index contributed by atoms with van der Waals surface area (Å²) in [5.74, 6) is 0. The molecule has 1 unspecified atom stereocenters. The molecule has 0 radical (unpaired) electrons. The zero-order valence-electron chi connectivity index (χ0n) is 7.70. The van der Waals surface area contributed by atoms with Gasteiger partial charge in [-0.15, -0.1) is 0 Å². The first-order valence-corrected chi connectivity index (χ1v) is 4.46. The lowest BCUT2D eigenvalue weighted by atomic mass is 10.1. The van der Waals surface area contributed by atoms with Crippen molar-refractivity contribution >= 4 is 10.9 Å². The third-order valence-corrected chi connectivity index (χ3v) is 2.12. The van der Waals surface area contributed by atoms with Gasteiger partial charge in [0.2, 0.25) is 6.17 Å². The van der Waals surface area contributed by atoms with Crippen molar-refractivity contribution in [3.8, 4) is 0 Å². The molecule has 0 bridgehead atoms. The molecule has 0 N–H and O–H groups in total. The van der Waals surface area contributed by atoms with Crippen molar-refractivity contribution in [3.05, 3.63) is 42.1 Å². The van der Waals surface area contributed by atoms with Crippen molar-refractivity contribution in [2.24, 2.45) is 0 Å². The van der Waals surface area contributed by atoms with Gasteiger partial charge in [0, 0.05) is 5.39 Å². The average Bonchev–Trinajstić information content (AvgIpc) is 2.27. The highest BCUT2D eigenvalue weighted by Crippen LogP contribution is 2.24. The van der Waals surface area contributed by atoms with Gasteiger partial charge in [-0.25, -0.2) is 18.2 Å². The molecule has 0 fully saturated rings. The summed E-state index contributed by atoms with van der Waals surface area (Å²) in [4.78, 5) is 3.84. The molecular formula is C11H8F3N. The fourth-order valence-corrected chi connectivity index (χ4v) is 1.36. The summed E-state index contributed by atoms with van der Waals surface area (Å²) in [6, 6.07) is 9.88. The zero-order chi connectivity index (χ0) is 10.8. The number of halogens is 3. The highest BCUT2D eigenvalue weighted by atomic mass is 19.3. The quantitative estimate of drug-likeness (QED) is 0.740. The van der Waals surface area contributed by atoms with E-state index in [0.717, 1.165) is 5.39 Å². The monoisotopic (exact) mass is 211 g/mol. The van der Waals surface area contributed by atoms with Crippen molar-refractivity contribution in [1.82, 2.24) is 4.98 Å². The van der Waals surface area contributed by atoms with Crippen LogP contribution in [0.5, 0.6) is 0 Å². The predicted molar refractivity (Wildman–Crippen MR) is 51.6 cm³/mol. The normalized spacial score (nSPS) is 13.3. The number of fused-ring (bicyclic) bond motifs is 1. The van der Waals surface area contributed by atoms with Gasteiger partial charge in [-0.05, 0) is 12.1 Å². The first-order valence-electron chi connectivity index (χ1n) is 4.46. The standard InChI is InChI=1S/C11H8F3N/c12-10(11(13)14)9-6-5-7-3-1-2-4-8(7)15-9/h1-6,10-11H. The predicted octanol–water partition coefficient (Wildman–Crippen LogP) is 3.51. The van der Waals surface area contributed by atoms with Gasteiger partial charge in [-0.3, -0.25) is 0 Å². The summed E-state index contributed by atoms with van der Waals surface area (Å²) in [7, 11) is 0. The molecule has 78 valence electrons. The van der Waals surface area contributed by atoms with Crippen LogP contribution in [-0.4, -0.2) is 11.4 Å². The van der Waals surface area contributed by atoms with Crippen LogP contribution < -0.4 is 0 Å². The molecule has 1 heterocycles. The van der Waals surface area contributed by atoms with Crippen molar-refractivity contribution in [2.45, 2.75) is 12.6 Å². The van der Waals surface area contributed by atoms with Crippen LogP contribution >= 0.6 is 0 Å². The molecule has 15 heavy (non-hydrogen) atoms. The topological polar surface area (TPSA) is 12.9 Å². The molecular weight excluding hydrogens is 203 g/mol. The van der Waals surface area contributed by atoms with Crippen LogP contribution in [0.3, 0.4) is 0 Å². The molecule has 0 aliphatic carbocycles. The minimum absolute atomic E-state index is 0.219. The Labute approximate surface area is 84.6 Å². The van der Waals surface area contributed by atoms with E-state index in [0.29, 0.717) is 5.52 Å². The molecule has 0 aliphatic rings. The van der Waals surface area contributed by atoms with E-state index < -0.39 is 12.6 Å². The number of alkyl halides is 3. The number of hydrogen-bond acceptors (Lipinski definition) is 1. The van der Waals surface area contributed by atoms with E-state index in [2.05, 4.69) is 4.98 Å². The lowest BCUT2D eigenvalue weighted by molar-refractivity contribution is 0.0474. The SMILES string of the molecule is FC(F)C(F)c1ccc2ccccc2n1. The highest BCUT2D eigenvalue weighted by molar-refractivity contribution is 5.78. The Balaban J connectivity index is 2.47. The van der Waals surface area contributed by atoms with Crippen LogP contribution in [0.1, 0.15) is 11.9 Å². The van der Waals surface area contributed by atoms with Crippen molar-refractivity contribution < 1.29 is 13.2 Å². The minimum atomic E-state index is -3.03. The highest BCUT2D eigenvalue weighted by Gasteiger charge is 2.22. The van der Waals surface area contributed by atoms with E-state index in [9.17, 15) is 13.2 Å². The maximum Gasteiger partial charge on any atom is 0.275 e. The Morgan fingerprint density at radius 3 is 2.40 bits per heavy atom. The Hall–Kier alpha value is -1.58. The van der Waals surface area contributed by atoms with Crippen molar-refractivity contribution in [3.63, 3.8) is 0 Å². The number of rotatable bonds is 2. The molecule has 0 spiro atoms. The molecule has 0 aliphatic heterocycles. The van der Waals surface area contributed by atoms with Gasteiger partial charge in [0.15, 0.2) is 0 Å². The van der Waals surface area contributed by atoms with Crippen LogP contribution in [0, 0.1) is 0 Å². The third kappa shape index (κ3) is 1.93. The smallest absolute Gasteiger partial charge is 0.250 e. The first kappa shape index (κ1) is 9.96. The second-order valence-corrected chi connectivity index (χ2v) is 3.17. The molecule has 1 aromatic heterocycles. The van der Waals surface area contributed by atoms with Gasteiger partial charge >= 0.3 is 0 Å². The number of benzene rings is 1. The van der Waals surface area contributed by atoms with Gasteiger partial charge < -0.3 is 0 Å². The van der Waals surface area contributed by atoms with Crippen LogP contribution in [0.25, 0.3) is 10.9 Å². The molecule has 1 aromatic carbocycles. The lowest BCUT2D eigenvalue weighted by Crippen LogP contribution is -2.05. The molecule has 1 atom stereocenters. The summed E-state index contributed by atoms with van der Waals surface area (Å²) in [6.45, 7) is 0. The summed E-state index contributed by atoms with van der Waals surface area (Å²) in [6.07, 6.45) is -5.34. The number of para-hydroxylation sites is 1. The number of hydrogen-bond donors (Lipinski definition) is 0. The summed E-state index contributed by atoms with van der Waals surface area (Å²) in [5.41, 5.74) is 0.307. The molecule has 0 saturated heterocycles. The van der Waals surface area contributed by atoms with Crippen LogP contribution in [0.2, 0.25) is 0 Å². The first-order chi connectivity index (χ1) is 7.18. The molecule has 1 nitrogen and oxygen atoms in total. The molecule has 0 amide bonds. The molecule has 0 saturated carbocycles. The second kappa shape index (κ2) is 3.88. The van der Waals surface area contributed by atoms with E-state index in [1.54, 1.807) is 24.3 Å². The van der Waals surface area contributed by atoms with Gasteiger partial charge in [0.05, 0.1) is 11.2 Å². The van der Waals surface area contributed by atoms with Crippen LogP contribution in [0.15, 0.2) is 36.4 Å². The molecule has 2 aromatic rings. The second-order valence-electron chi connectivity index (χ2n) is 3.17. The van der Waals surface area contributed by atoms with E-state index in [4.69, 9.17) is 0 Å². The summed E-state index contributed by atoms with van der Waals surface area (Å²) >= 11 is 0. The van der Waals surface area contributed by atoms with E-state index >= 15 is 0 Å². The summed E-state index contributed by atoms with van der Waals surface area (Å²) < 4.78 is 37.2. The number of pyridine rings is 1. The maximum atomic E-state index is 13.0. The molecule has 4 heteroatoms. The van der Waals surface area contributed by atoms with E-state index in [1.165, 1.54) is 6.07 Å². The number of nitrogens with zero attached hydrogens (tertiary/aromatic N) is 1. The Morgan fingerprint density at radius 1 is 0.933 bits per heavy atom. The zero-order valence-corrected chi connectivity index (χ0v) is 7.70. The fourth-order valence-electron chi connectivity index (χ4n) is 1.36. The van der Waals surface area contributed by atoms with Gasteiger partial charge in [-0.2, -0.15) is 0 Å². The number of aromatic nitrogens is 1. The maximum absolute atomic E-state index is 13.0. The average molecular weight is 211 g/mol. The Kier molecular flexibility index (Phi) is 2.58. The van der Waals surface area contributed by atoms with Gasteiger partial charge in [-0.1, -0.05) is 24.3 Å². The van der Waals surface area contributed by atoms with Crippen LogP contribution in [-0.2, 0) is 0 Å². The van der Waals surface area contributed by atoms with Gasteiger partial charge in [0.1, 0.15) is 0 Å².